The SMILES string of the molecule is Cn1c(CN2C(=O)CCN(CC3CCN3Cc3ccccc3)C2=O)nc2ccccc2c1=O. The van der Waals surface area contributed by atoms with Gasteiger partial charge in [-0.25, -0.2) is 9.78 Å². The van der Waals surface area contributed by atoms with Gasteiger partial charge in [0.2, 0.25) is 5.91 Å². The largest absolute Gasteiger partial charge is 0.327 e. The summed E-state index contributed by atoms with van der Waals surface area (Å²) in [5.41, 5.74) is 1.64. The van der Waals surface area contributed by atoms with Gasteiger partial charge in [0.05, 0.1) is 17.4 Å². The third-order valence-electron chi connectivity index (χ3n) is 6.70. The predicted molar refractivity (Wildman–Crippen MR) is 124 cm³/mol. The Bertz CT molecular complexity index is 1260. The first kappa shape index (κ1) is 21.3. The minimum atomic E-state index is -0.305. The third-order valence-corrected chi connectivity index (χ3v) is 6.70. The molecule has 8 nitrogen and oxygen atoms in total. The van der Waals surface area contributed by atoms with Crippen molar-refractivity contribution in [3.05, 3.63) is 76.3 Å². The minimum absolute atomic E-state index is 0.0108. The molecule has 3 aromatic rings. The fourth-order valence-electron chi connectivity index (χ4n) is 4.59. The average molecular weight is 446 g/mol. The maximum absolute atomic E-state index is 13.2. The quantitative estimate of drug-likeness (QED) is 0.582. The van der Waals surface area contributed by atoms with E-state index < -0.39 is 0 Å². The summed E-state index contributed by atoms with van der Waals surface area (Å²) in [6.07, 6.45) is 1.31. The highest BCUT2D eigenvalue weighted by Gasteiger charge is 2.37. The van der Waals surface area contributed by atoms with Crippen molar-refractivity contribution in [3.8, 4) is 0 Å². The van der Waals surface area contributed by atoms with Crippen LogP contribution < -0.4 is 5.56 Å². The lowest BCUT2D eigenvalue weighted by Gasteiger charge is -2.45. The molecule has 1 unspecified atom stereocenters. The topological polar surface area (TPSA) is 78.8 Å². The lowest BCUT2D eigenvalue weighted by atomic mass is 10.0. The second-order valence-electron chi connectivity index (χ2n) is 8.77. The highest BCUT2D eigenvalue weighted by molar-refractivity contribution is 5.96. The number of carbonyl (C=O) groups is 2. The summed E-state index contributed by atoms with van der Waals surface area (Å²) in [5.74, 6) is 0.171. The van der Waals surface area contributed by atoms with Crippen molar-refractivity contribution in [2.45, 2.75) is 32.0 Å². The summed E-state index contributed by atoms with van der Waals surface area (Å²) < 4.78 is 1.43. The van der Waals surface area contributed by atoms with E-state index in [4.69, 9.17) is 0 Å². The Hall–Kier alpha value is -3.52. The van der Waals surface area contributed by atoms with Crippen molar-refractivity contribution in [3.63, 3.8) is 0 Å². The number of aromatic nitrogens is 2. The third kappa shape index (κ3) is 4.14. The molecule has 3 heterocycles. The van der Waals surface area contributed by atoms with Crippen LogP contribution in [0.1, 0.15) is 24.2 Å². The van der Waals surface area contributed by atoms with Crippen LogP contribution in [0.5, 0.6) is 0 Å². The molecule has 1 atom stereocenters. The number of carbonyl (C=O) groups excluding carboxylic acids is 2. The van der Waals surface area contributed by atoms with Gasteiger partial charge >= 0.3 is 6.03 Å². The standard InChI is InChI=1S/C25H27N5O3/c1-27-22(26-21-10-6-5-9-20(21)24(27)32)17-30-23(31)12-14-29(25(30)33)16-19-11-13-28(19)15-18-7-3-2-4-8-18/h2-10,19H,11-17H2,1H3. The van der Waals surface area contributed by atoms with E-state index in [-0.39, 0.29) is 36.5 Å². The van der Waals surface area contributed by atoms with E-state index in [1.54, 1.807) is 30.1 Å². The molecule has 2 aliphatic heterocycles. The molecule has 0 aliphatic carbocycles. The zero-order valence-electron chi connectivity index (χ0n) is 18.7. The van der Waals surface area contributed by atoms with Crippen molar-refractivity contribution < 1.29 is 9.59 Å². The number of rotatable bonds is 6. The van der Waals surface area contributed by atoms with Crippen LogP contribution in [0.4, 0.5) is 4.79 Å². The number of urea groups is 1. The number of fused-ring (bicyclic) bond motifs is 1. The van der Waals surface area contributed by atoms with Crippen molar-refractivity contribution in [2.75, 3.05) is 19.6 Å². The number of imide groups is 1. The molecule has 8 heteroatoms. The Kier molecular flexibility index (Phi) is 5.68. The second kappa shape index (κ2) is 8.78. The van der Waals surface area contributed by atoms with Crippen molar-refractivity contribution >= 4 is 22.8 Å². The van der Waals surface area contributed by atoms with E-state index >= 15 is 0 Å². The summed E-state index contributed by atoms with van der Waals surface area (Å²) in [5, 5.41) is 0.519. The fourth-order valence-corrected chi connectivity index (χ4v) is 4.59. The van der Waals surface area contributed by atoms with Crippen LogP contribution in [0.2, 0.25) is 0 Å². The lowest BCUT2D eigenvalue weighted by molar-refractivity contribution is -0.132. The molecule has 2 aromatic carbocycles. The number of hydrogen-bond donors (Lipinski definition) is 0. The summed E-state index contributed by atoms with van der Waals surface area (Å²) >= 11 is 0. The zero-order chi connectivity index (χ0) is 22.9. The summed E-state index contributed by atoms with van der Waals surface area (Å²) in [4.78, 5) is 48.5. The number of para-hydroxylation sites is 1. The normalized spacial score (nSPS) is 19.2. The molecule has 0 bridgehead atoms. The number of amides is 3. The van der Waals surface area contributed by atoms with E-state index in [0.29, 0.717) is 29.8 Å². The molecule has 2 saturated heterocycles. The van der Waals surface area contributed by atoms with Crippen LogP contribution in [-0.4, -0.2) is 61.9 Å². The Labute approximate surface area is 192 Å². The molecule has 33 heavy (non-hydrogen) atoms. The van der Waals surface area contributed by atoms with Crippen molar-refractivity contribution in [1.82, 2.24) is 24.3 Å². The lowest BCUT2D eigenvalue weighted by Crippen LogP contribution is -2.58. The number of benzene rings is 2. The first-order chi connectivity index (χ1) is 16.0. The monoisotopic (exact) mass is 445 g/mol. The van der Waals surface area contributed by atoms with Gasteiger partial charge in [-0.2, -0.15) is 0 Å². The highest BCUT2D eigenvalue weighted by Crippen LogP contribution is 2.24. The van der Waals surface area contributed by atoms with Gasteiger partial charge in [-0.1, -0.05) is 42.5 Å². The number of nitrogens with zero attached hydrogens (tertiary/aromatic N) is 5. The molecule has 1 aromatic heterocycles. The summed E-state index contributed by atoms with van der Waals surface area (Å²) in [6, 6.07) is 17.4. The van der Waals surface area contributed by atoms with Crippen LogP contribution in [0, 0.1) is 0 Å². The van der Waals surface area contributed by atoms with Crippen molar-refractivity contribution in [1.29, 1.82) is 0 Å². The van der Waals surface area contributed by atoms with Gasteiger partial charge in [0.1, 0.15) is 5.82 Å². The molecule has 0 N–H and O–H groups in total. The summed E-state index contributed by atoms with van der Waals surface area (Å²) in [6.45, 7) is 2.88. The fraction of sp³-hybridized carbons (Fsp3) is 0.360. The van der Waals surface area contributed by atoms with Gasteiger partial charge in [-0.3, -0.25) is 24.0 Å². The zero-order valence-corrected chi connectivity index (χ0v) is 18.7. The molecule has 2 aliphatic rings. The Balaban J connectivity index is 1.30. The van der Waals surface area contributed by atoms with E-state index in [2.05, 4.69) is 22.0 Å². The Morgan fingerprint density at radius 2 is 1.70 bits per heavy atom. The van der Waals surface area contributed by atoms with Crippen LogP contribution >= 0.6 is 0 Å². The van der Waals surface area contributed by atoms with Gasteiger partial charge in [0.25, 0.3) is 5.56 Å². The second-order valence-corrected chi connectivity index (χ2v) is 8.77. The van der Waals surface area contributed by atoms with Crippen LogP contribution in [0.3, 0.4) is 0 Å². The first-order valence-corrected chi connectivity index (χ1v) is 11.3. The van der Waals surface area contributed by atoms with Crippen LogP contribution in [0.25, 0.3) is 10.9 Å². The smallest absolute Gasteiger partial charge is 0.322 e. The number of hydrogen-bond acceptors (Lipinski definition) is 5. The molecule has 0 saturated carbocycles. The van der Waals surface area contributed by atoms with Gasteiger partial charge in [-0.05, 0) is 24.1 Å². The molecule has 0 spiro atoms. The maximum atomic E-state index is 13.2. The Morgan fingerprint density at radius 3 is 2.45 bits per heavy atom. The van der Waals surface area contributed by atoms with Crippen molar-refractivity contribution in [2.24, 2.45) is 7.05 Å². The molecular formula is C25H27N5O3. The molecular weight excluding hydrogens is 418 g/mol. The van der Waals surface area contributed by atoms with Gasteiger partial charge in [0, 0.05) is 45.7 Å². The highest BCUT2D eigenvalue weighted by atomic mass is 16.2. The molecule has 3 amide bonds. The minimum Gasteiger partial charge on any atom is -0.322 e. The number of likely N-dealkylation sites (tertiary alicyclic amines) is 1. The maximum Gasteiger partial charge on any atom is 0.327 e. The van der Waals surface area contributed by atoms with Gasteiger partial charge < -0.3 is 4.90 Å². The predicted octanol–water partition coefficient (Wildman–Crippen LogP) is 2.36. The molecule has 170 valence electrons. The van der Waals surface area contributed by atoms with E-state index in [9.17, 15) is 14.4 Å². The van der Waals surface area contributed by atoms with Gasteiger partial charge in [-0.15, -0.1) is 0 Å². The van der Waals surface area contributed by atoms with E-state index in [0.717, 1.165) is 19.5 Å². The molecule has 0 radical (unpaired) electrons. The van der Waals surface area contributed by atoms with Crippen LogP contribution in [-0.2, 0) is 24.9 Å². The summed E-state index contributed by atoms with van der Waals surface area (Å²) in [7, 11) is 1.63. The van der Waals surface area contributed by atoms with Gasteiger partial charge in [0.15, 0.2) is 0 Å². The Morgan fingerprint density at radius 1 is 0.939 bits per heavy atom. The van der Waals surface area contributed by atoms with E-state index in [1.807, 2.05) is 24.3 Å². The van der Waals surface area contributed by atoms with E-state index in [1.165, 1.54) is 15.0 Å². The average Bonchev–Trinajstić information content (AvgIpc) is 2.82. The molecule has 5 rings (SSSR count). The first-order valence-electron chi connectivity index (χ1n) is 11.3. The molecule has 2 fully saturated rings. The van der Waals surface area contributed by atoms with Crippen LogP contribution in [0.15, 0.2) is 59.4 Å².